The van der Waals surface area contributed by atoms with Crippen molar-refractivity contribution in [2.45, 2.75) is 13.8 Å². The Kier molecular flexibility index (Phi) is 7.15. The summed E-state index contributed by atoms with van der Waals surface area (Å²) in [6.45, 7) is 4.27. The highest BCUT2D eigenvalue weighted by atomic mass is 16.5. The fraction of sp³-hybridized carbons (Fsp3) is 0.190. The number of nitriles is 1. The first kappa shape index (κ1) is 19.7. The molecule has 6 heteroatoms. The summed E-state index contributed by atoms with van der Waals surface area (Å²) < 4.78 is 5.37. The lowest BCUT2D eigenvalue weighted by molar-refractivity contribution is -0.123. The molecular weight excluding hydrogens is 342 g/mol. The maximum absolute atomic E-state index is 12.3. The second-order valence-corrected chi connectivity index (χ2v) is 5.80. The van der Waals surface area contributed by atoms with Gasteiger partial charge in [-0.25, -0.2) is 0 Å². The van der Waals surface area contributed by atoms with Crippen LogP contribution >= 0.6 is 0 Å². The first-order valence-electron chi connectivity index (χ1n) is 8.51. The molecule has 0 aromatic heterocycles. The second-order valence-electron chi connectivity index (χ2n) is 5.80. The van der Waals surface area contributed by atoms with E-state index in [1.807, 2.05) is 32.0 Å². The van der Waals surface area contributed by atoms with Gasteiger partial charge in [0.05, 0.1) is 0 Å². The summed E-state index contributed by atoms with van der Waals surface area (Å²) >= 11 is 0. The molecule has 27 heavy (non-hydrogen) atoms. The number of likely N-dealkylation sites (N-methyl/N-ethyl adjacent to an activating group) is 1. The molecule has 0 spiro atoms. The third-order valence-electron chi connectivity index (χ3n) is 3.61. The van der Waals surface area contributed by atoms with E-state index in [0.29, 0.717) is 23.5 Å². The summed E-state index contributed by atoms with van der Waals surface area (Å²) in [5, 5.41) is 14.6. The number of nitrogens with zero attached hydrogens (tertiary/aromatic N) is 1. The minimum Gasteiger partial charge on any atom is -0.484 e. The molecule has 0 saturated carbocycles. The molecule has 2 aromatic rings. The predicted octanol–water partition coefficient (Wildman–Crippen LogP) is 3.06. The zero-order chi connectivity index (χ0) is 19.6. The standard InChI is InChI=1S/C21H21N3O3/c1-3-23-20(25)14-27-19-10-6-16(7-11-19)12-17(13-22)21(26)24-18-8-4-15(2)5-9-18/h4-12H,3,14H2,1-2H3,(H,23,25)(H,24,26). The van der Waals surface area contributed by atoms with Crippen LogP contribution in [0, 0.1) is 18.3 Å². The Bertz CT molecular complexity index is 863. The van der Waals surface area contributed by atoms with Crippen molar-refractivity contribution >= 4 is 23.6 Å². The third-order valence-corrected chi connectivity index (χ3v) is 3.61. The molecule has 138 valence electrons. The monoisotopic (exact) mass is 363 g/mol. The average Bonchev–Trinajstić information content (AvgIpc) is 2.67. The molecule has 0 saturated heterocycles. The van der Waals surface area contributed by atoms with Gasteiger partial charge in [-0.1, -0.05) is 29.8 Å². The normalized spacial score (nSPS) is 10.6. The molecule has 0 aliphatic heterocycles. The highest BCUT2D eigenvalue weighted by Gasteiger charge is 2.09. The van der Waals surface area contributed by atoms with Crippen molar-refractivity contribution < 1.29 is 14.3 Å². The number of ether oxygens (including phenoxy) is 1. The number of nitrogens with one attached hydrogen (secondary N) is 2. The summed E-state index contributed by atoms with van der Waals surface area (Å²) in [6.07, 6.45) is 1.50. The number of hydrogen-bond acceptors (Lipinski definition) is 4. The number of benzene rings is 2. The molecule has 2 rings (SSSR count). The molecule has 0 bridgehead atoms. The lowest BCUT2D eigenvalue weighted by Crippen LogP contribution is -2.28. The quantitative estimate of drug-likeness (QED) is 0.584. The van der Waals surface area contributed by atoms with Crippen LogP contribution in [-0.2, 0) is 9.59 Å². The summed E-state index contributed by atoms with van der Waals surface area (Å²) in [4.78, 5) is 23.7. The van der Waals surface area contributed by atoms with Gasteiger partial charge in [0.2, 0.25) is 0 Å². The van der Waals surface area contributed by atoms with Crippen molar-refractivity contribution in [1.29, 1.82) is 5.26 Å². The van der Waals surface area contributed by atoms with Crippen LogP contribution in [0.1, 0.15) is 18.1 Å². The van der Waals surface area contributed by atoms with Gasteiger partial charge in [0.1, 0.15) is 17.4 Å². The van der Waals surface area contributed by atoms with Crippen molar-refractivity contribution in [1.82, 2.24) is 5.32 Å². The van der Waals surface area contributed by atoms with Crippen molar-refractivity contribution in [3.8, 4) is 11.8 Å². The van der Waals surface area contributed by atoms with Crippen LogP contribution in [0.15, 0.2) is 54.1 Å². The van der Waals surface area contributed by atoms with E-state index in [0.717, 1.165) is 5.56 Å². The number of hydrogen-bond donors (Lipinski definition) is 2. The summed E-state index contributed by atoms with van der Waals surface area (Å²) in [7, 11) is 0. The van der Waals surface area contributed by atoms with Gasteiger partial charge in [0.15, 0.2) is 6.61 Å². The molecule has 6 nitrogen and oxygen atoms in total. The Morgan fingerprint density at radius 3 is 2.37 bits per heavy atom. The maximum Gasteiger partial charge on any atom is 0.266 e. The molecule has 0 atom stereocenters. The highest BCUT2D eigenvalue weighted by molar-refractivity contribution is 6.09. The molecule has 0 aliphatic rings. The Morgan fingerprint density at radius 2 is 1.78 bits per heavy atom. The van der Waals surface area contributed by atoms with E-state index in [2.05, 4.69) is 10.6 Å². The lowest BCUT2D eigenvalue weighted by atomic mass is 10.1. The van der Waals surface area contributed by atoms with Gasteiger partial charge in [0, 0.05) is 12.2 Å². The zero-order valence-corrected chi connectivity index (χ0v) is 15.3. The van der Waals surface area contributed by atoms with Crippen LogP contribution in [-0.4, -0.2) is 25.0 Å². The van der Waals surface area contributed by atoms with Crippen LogP contribution in [0.2, 0.25) is 0 Å². The van der Waals surface area contributed by atoms with Crippen LogP contribution < -0.4 is 15.4 Å². The Morgan fingerprint density at radius 1 is 1.11 bits per heavy atom. The Labute approximate surface area is 158 Å². The van der Waals surface area contributed by atoms with Gasteiger partial charge < -0.3 is 15.4 Å². The van der Waals surface area contributed by atoms with E-state index in [1.54, 1.807) is 36.4 Å². The molecule has 0 unspecified atom stereocenters. The zero-order valence-electron chi connectivity index (χ0n) is 15.3. The van der Waals surface area contributed by atoms with E-state index in [-0.39, 0.29) is 18.1 Å². The van der Waals surface area contributed by atoms with Crippen LogP contribution in [0.3, 0.4) is 0 Å². The van der Waals surface area contributed by atoms with Crippen molar-refractivity contribution in [3.05, 3.63) is 65.2 Å². The minimum absolute atomic E-state index is 0.00781. The second kappa shape index (κ2) is 9.78. The van der Waals surface area contributed by atoms with Gasteiger partial charge in [-0.2, -0.15) is 5.26 Å². The number of amides is 2. The lowest BCUT2D eigenvalue weighted by Gasteiger charge is -2.07. The van der Waals surface area contributed by atoms with Crippen molar-refractivity contribution in [2.24, 2.45) is 0 Å². The summed E-state index contributed by atoms with van der Waals surface area (Å²) in [6, 6.07) is 16.0. The predicted molar refractivity (Wildman–Crippen MR) is 104 cm³/mol. The number of anilines is 1. The molecule has 0 aliphatic carbocycles. The smallest absolute Gasteiger partial charge is 0.266 e. The van der Waals surface area contributed by atoms with Gasteiger partial charge in [-0.15, -0.1) is 0 Å². The van der Waals surface area contributed by atoms with E-state index >= 15 is 0 Å². The molecule has 0 fully saturated rings. The molecular formula is C21H21N3O3. The maximum atomic E-state index is 12.3. The van der Waals surface area contributed by atoms with E-state index in [1.165, 1.54) is 6.08 Å². The van der Waals surface area contributed by atoms with Gasteiger partial charge in [-0.05, 0) is 49.8 Å². The molecule has 2 N–H and O–H groups in total. The largest absolute Gasteiger partial charge is 0.484 e. The number of rotatable bonds is 7. The first-order valence-corrected chi connectivity index (χ1v) is 8.51. The van der Waals surface area contributed by atoms with Crippen LogP contribution in [0.25, 0.3) is 6.08 Å². The van der Waals surface area contributed by atoms with Crippen LogP contribution in [0.4, 0.5) is 5.69 Å². The molecule has 2 aromatic carbocycles. The summed E-state index contributed by atoms with van der Waals surface area (Å²) in [5.74, 6) is -0.139. The number of aryl methyl sites for hydroxylation is 1. The third kappa shape index (κ3) is 6.33. The summed E-state index contributed by atoms with van der Waals surface area (Å²) in [5.41, 5.74) is 2.38. The molecule has 2 amide bonds. The Hall–Kier alpha value is -3.59. The van der Waals surface area contributed by atoms with Crippen LogP contribution in [0.5, 0.6) is 5.75 Å². The fourth-order valence-corrected chi connectivity index (χ4v) is 2.21. The van der Waals surface area contributed by atoms with Crippen molar-refractivity contribution in [3.63, 3.8) is 0 Å². The highest BCUT2D eigenvalue weighted by Crippen LogP contribution is 2.16. The minimum atomic E-state index is -0.474. The van der Waals surface area contributed by atoms with Gasteiger partial charge in [-0.3, -0.25) is 9.59 Å². The first-order chi connectivity index (χ1) is 13.0. The van der Waals surface area contributed by atoms with E-state index < -0.39 is 5.91 Å². The average molecular weight is 363 g/mol. The topological polar surface area (TPSA) is 91.2 Å². The number of carbonyl (C=O) groups excluding carboxylic acids is 2. The van der Waals surface area contributed by atoms with E-state index in [9.17, 15) is 14.9 Å². The Balaban J connectivity index is 2.01. The SMILES string of the molecule is CCNC(=O)COc1ccc(C=C(C#N)C(=O)Nc2ccc(C)cc2)cc1. The van der Waals surface area contributed by atoms with Gasteiger partial charge in [0.25, 0.3) is 11.8 Å². The van der Waals surface area contributed by atoms with Gasteiger partial charge >= 0.3 is 0 Å². The number of carbonyl (C=O) groups is 2. The van der Waals surface area contributed by atoms with E-state index in [4.69, 9.17) is 4.74 Å². The van der Waals surface area contributed by atoms with Crippen molar-refractivity contribution in [2.75, 3.05) is 18.5 Å². The molecule has 0 heterocycles. The molecule has 0 radical (unpaired) electrons. The fourth-order valence-electron chi connectivity index (χ4n) is 2.21.